The van der Waals surface area contributed by atoms with Crippen LogP contribution in [0.15, 0.2) is 24.8 Å². The molecule has 0 aromatic carbocycles. The molecule has 1 unspecified atom stereocenters. The van der Waals surface area contributed by atoms with Crippen LogP contribution in [0.3, 0.4) is 0 Å². The fourth-order valence-electron chi connectivity index (χ4n) is 1.86. The van der Waals surface area contributed by atoms with Crippen LogP contribution in [0.5, 0.6) is 0 Å². The van der Waals surface area contributed by atoms with Gasteiger partial charge in [0.25, 0.3) is 0 Å². The van der Waals surface area contributed by atoms with Crippen molar-refractivity contribution in [2.75, 3.05) is 5.33 Å². The molecule has 12 heavy (non-hydrogen) atoms. The lowest BCUT2D eigenvalue weighted by Gasteiger charge is -2.33. The van der Waals surface area contributed by atoms with E-state index >= 15 is 0 Å². The van der Waals surface area contributed by atoms with Crippen molar-refractivity contribution in [1.82, 2.24) is 0 Å². The van der Waals surface area contributed by atoms with Crippen molar-refractivity contribution in [2.45, 2.75) is 26.2 Å². The number of allylic oxidation sites excluding steroid dienone is 3. The summed E-state index contributed by atoms with van der Waals surface area (Å²) in [5.74, 6) is 0.740. The van der Waals surface area contributed by atoms with Gasteiger partial charge >= 0.3 is 0 Å². The van der Waals surface area contributed by atoms with E-state index < -0.39 is 0 Å². The Kier molecular flexibility index (Phi) is 3.57. The van der Waals surface area contributed by atoms with Gasteiger partial charge in [0.1, 0.15) is 0 Å². The second-order valence-corrected chi connectivity index (χ2v) is 4.36. The van der Waals surface area contributed by atoms with E-state index in [1.807, 2.05) is 6.08 Å². The van der Waals surface area contributed by atoms with Crippen molar-refractivity contribution >= 4 is 15.9 Å². The van der Waals surface area contributed by atoms with Gasteiger partial charge in [-0.1, -0.05) is 41.1 Å². The predicted octanol–water partition coefficient (Wildman–Crippen LogP) is 3.93. The van der Waals surface area contributed by atoms with E-state index in [0.29, 0.717) is 5.41 Å². The van der Waals surface area contributed by atoms with Gasteiger partial charge in [-0.3, -0.25) is 0 Å². The van der Waals surface area contributed by atoms with Crippen LogP contribution in [0, 0.1) is 11.3 Å². The zero-order chi connectivity index (χ0) is 9.03. The van der Waals surface area contributed by atoms with Crippen molar-refractivity contribution in [3.63, 3.8) is 0 Å². The maximum Gasteiger partial charge on any atom is 0.00965 e. The summed E-state index contributed by atoms with van der Waals surface area (Å²) in [7, 11) is 0. The second-order valence-electron chi connectivity index (χ2n) is 3.80. The summed E-state index contributed by atoms with van der Waals surface area (Å²) in [4.78, 5) is 0. The van der Waals surface area contributed by atoms with Crippen molar-refractivity contribution in [1.29, 1.82) is 0 Å². The van der Waals surface area contributed by atoms with E-state index in [0.717, 1.165) is 17.7 Å². The Bertz CT molecular complexity index is 173. The van der Waals surface area contributed by atoms with Crippen LogP contribution in [0.25, 0.3) is 0 Å². The van der Waals surface area contributed by atoms with Crippen molar-refractivity contribution in [3.8, 4) is 0 Å². The Balaban J connectivity index is 2.60. The molecule has 0 N–H and O–H groups in total. The lowest BCUT2D eigenvalue weighted by Crippen LogP contribution is -2.27. The summed E-state index contributed by atoms with van der Waals surface area (Å²) in [5, 5.41) is 1.11. The second kappa shape index (κ2) is 4.27. The summed E-state index contributed by atoms with van der Waals surface area (Å²) < 4.78 is 0. The average Bonchev–Trinajstić information content (AvgIpc) is 2.54. The molecular formula is C11H17Br. The van der Waals surface area contributed by atoms with Gasteiger partial charge in [0.2, 0.25) is 0 Å². The van der Waals surface area contributed by atoms with Crippen LogP contribution in [0.4, 0.5) is 0 Å². The Morgan fingerprint density at radius 1 is 1.58 bits per heavy atom. The molecule has 1 aliphatic carbocycles. The fourth-order valence-corrected chi connectivity index (χ4v) is 2.87. The highest BCUT2D eigenvalue weighted by Gasteiger charge is 2.34. The molecule has 0 heterocycles. The molecule has 0 aromatic heterocycles. The minimum Gasteiger partial charge on any atom is -0.103 e. The molecule has 0 aliphatic heterocycles. The van der Waals surface area contributed by atoms with E-state index in [-0.39, 0.29) is 0 Å². The van der Waals surface area contributed by atoms with Crippen molar-refractivity contribution in [2.24, 2.45) is 11.3 Å². The molecular weight excluding hydrogens is 212 g/mol. The number of hydrogen-bond acceptors (Lipinski definition) is 0. The normalized spacial score (nSPS) is 22.5. The van der Waals surface area contributed by atoms with Gasteiger partial charge in [-0.2, -0.15) is 0 Å². The molecule has 0 amide bonds. The Labute approximate surface area is 83.9 Å². The molecule has 68 valence electrons. The van der Waals surface area contributed by atoms with Crippen LogP contribution in [0.2, 0.25) is 0 Å². The lowest BCUT2D eigenvalue weighted by molar-refractivity contribution is 0.231. The van der Waals surface area contributed by atoms with E-state index in [4.69, 9.17) is 0 Å². The zero-order valence-electron chi connectivity index (χ0n) is 7.72. The SMILES string of the molecule is C=CCC(C)C1(CBr)CC=CC1. The molecule has 0 fully saturated rings. The monoisotopic (exact) mass is 228 g/mol. The van der Waals surface area contributed by atoms with Gasteiger partial charge in [0.05, 0.1) is 0 Å². The van der Waals surface area contributed by atoms with E-state index in [1.54, 1.807) is 0 Å². The van der Waals surface area contributed by atoms with Crippen molar-refractivity contribution < 1.29 is 0 Å². The molecule has 0 spiro atoms. The summed E-state index contributed by atoms with van der Waals surface area (Å²) in [6.07, 6.45) is 10.2. The quantitative estimate of drug-likeness (QED) is 0.506. The van der Waals surface area contributed by atoms with E-state index in [1.165, 1.54) is 12.8 Å². The standard InChI is InChI=1S/C11H17Br/c1-3-6-10(2)11(9-12)7-4-5-8-11/h3-5,10H,1,6-9H2,2H3. The fraction of sp³-hybridized carbons (Fsp3) is 0.636. The molecule has 0 saturated carbocycles. The number of alkyl halides is 1. The van der Waals surface area contributed by atoms with E-state index in [2.05, 4.69) is 41.6 Å². The van der Waals surface area contributed by atoms with Crippen molar-refractivity contribution in [3.05, 3.63) is 24.8 Å². The molecule has 1 atom stereocenters. The number of hydrogen-bond donors (Lipinski definition) is 0. The molecule has 0 radical (unpaired) electrons. The molecule has 0 nitrogen and oxygen atoms in total. The maximum atomic E-state index is 3.80. The minimum absolute atomic E-state index is 0.480. The predicted molar refractivity (Wildman–Crippen MR) is 58.6 cm³/mol. The molecule has 0 bridgehead atoms. The largest absolute Gasteiger partial charge is 0.103 e. The Morgan fingerprint density at radius 2 is 2.17 bits per heavy atom. The van der Waals surface area contributed by atoms with Gasteiger partial charge in [-0.05, 0) is 30.6 Å². The van der Waals surface area contributed by atoms with Crippen LogP contribution >= 0.6 is 15.9 Å². The van der Waals surface area contributed by atoms with Gasteiger partial charge in [0.15, 0.2) is 0 Å². The first kappa shape index (κ1) is 10.0. The highest BCUT2D eigenvalue weighted by molar-refractivity contribution is 9.09. The summed E-state index contributed by atoms with van der Waals surface area (Å²) in [6, 6.07) is 0. The molecule has 1 aliphatic rings. The van der Waals surface area contributed by atoms with Crippen LogP contribution in [-0.4, -0.2) is 5.33 Å². The zero-order valence-corrected chi connectivity index (χ0v) is 9.31. The van der Waals surface area contributed by atoms with Gasteiger partial charge < -0.3 is 0 Å². The first-order valence-corrected chi connectivity index (χ1v) is 5.69. The smallest absolute Gasteiger partial charge is 0.00965 e. The van der Waals surface area contributed by atoms with Crippen LogP contribution in [-0.2, 0) is 0 Å². The molecule has 0 saturated heterocycles. The lowest BCUT2D eigenvalue weighted by atomic mass is 9.74. The summed E-state index contributed by atoms with van der Waals surface area (Å²) in [5.41, 5.74) is 0.480. The minimum atomic E-state index is 0.480. The van der Waals surface area contributed by atoms with Gasteiger partial charge in [0, 0.05) is 5.33 Å². The number of halogens is 1. The average molecular weight is 229 g/mol. The summed E-state index contributed by atoms with van der Waals surface area (Å²) >= 11 is 3.63. The third kappa shape index (κ3) is 1.82. The molecule has 1 heteroatoms. The maximum absolute atomic E-state index is 3.80. The van der Waals surface area contributed by atoms with Crippen LogP contribution < -0.4 is 0 Å². The highest BCUT2D eigenvalue weighted by Crippen LogP contribution is 2.43. The molecule has 0 aromatic rings. The van der Waals surface area contributed by atoms with Gasteiger partial charge in [-0.25, -0.2) is 0 Å². The summed E-state index contributed by atoms with van der Waals surface area (Å²) in [6.45, 7) is 6.13. The third-order valence-electron chi connectivity index (χ3n) is 3.05. The number of rotatable bonds is 4. The molecule has 1 rings (SSSR count). The van der Waals surface area contributed by atoms with Crippen LogP contribution in [0.1, 0.15) is 26.2 Å². The Hall–Kier alpha value is -0.0400. The highest BCUT2D eigenvalue weighted by atomic mass is 79.9. The first-order chi connectivity index (χ1) is 5.75. The topological polar surface area (TPSA) is 0 Å². The third-order valence-corrected chi connectivity index (χ3v) is 4.16. The van der Waals surface area contributed by atoms with Gasteiger partial charge in [-0.15, -0.1) is 6.58 Å². The first-order valence-electron chi connectivity index (χ1n) is 4.57. The van der Waals surface area contributed by atoms with E-state index in [9.17, 15) is 0 Å². The Morgan fingerprint density at radius 3 is 2.58 bits per heavy atom.